The van der Waals surface area contributed by atoms with Crippen LogP contribution in [0.1, 0.15) is 37.4 Å². The molecule has 168 valence electrons. The average Bonchev–Trinajstić information content (AvgIpc) is 2.76. The average molecular weight is 445 g/mol. The lowest BCUT2D eigenvalue weighted by Gasteiger charge is -2.15. The molecule has 4 N–H and O–H groups in total. The van der Waals surface area contributed by atoms with Crippen LogP contribution in [0.5, 0.6) is 5.88 Å². The van der Waals surface area contributed by atoms with E-state index in [9.17, 15) is 19.5 Å². The van der Waals surface area contributed by atoms with Crippen molar-refractivity contribution in [1.29, 1.82) is 0 Å². The van der Waals surface area contributed by atoms with E-state index in [1.54, 1.807) is 6.08 Å². The van der Waals surface area contributed by atoms with Crippen molar-refractivity contribution in [2.24, 2.45) is 5.73 Å². The summed E-state index contributed by atoms with van der Waals surface area (Å²) >= 11 is 0. The lowest BCUT2D eigenvalue weighted by Crippen LogP contribution is -2.26. The molecule has 1 aromatic heterocycles. The number of pyridine rings is 1. The largest absolute Gasteiger partial charge is 0.494 e. The number of nitrogens with two attached hydrogens (primary N) is 1. The molecular formula is C25H23N3O5. The number of aromatic nitrogens is 1. The van der Waals surface area contributed by atoms with Crippen molar-refractivity contribution in [3.05, 3.63) is 92.4 Å². The predicted molar refractivity (Wildman–Crippen MR) is 127 cm³/mol. The molecule has 2 aromatic carbocycles. The molecule has 0 atom stereocenters. The summed E-state index contributed by atoms with van der Waals surface area (Å²) < 4.78 is 0.915. The van der Waals surface area contributed by atoms with Gasteiger partial charge in [0.2, 0.25) is 5.88 Å². The first-order valence-corrected chi connectivity index (χ1v) is 9.93. The highest BCUT2D eigenvalue weighted by Gasteiger charge is 2.22. The molecule has 0 fully saturated rings. The molecular weight excluding hydrogens is 422 g/mol. The number of carbonyl (C=O) groups excluding carboxylic acids is 1. The van der Waals surface area contributed by atoms with Gasteiger partial charge < -0.3 is 20.8 Å². The van der Waals surface area contributed by atoms with Gasteiger partial charge in [-0.2, -0.15) is 0 Å². The lowest BCUT2D eigenvalue weighted by atomic mass is 10.0. The molecule has 0 unspecified atom stereocenters. The van der Waals surface area contributed by atoms with Crippen LogP contribution in [0.15, 0.2) is 59.1 Å². The highest BCUT2D eigenvalue weighted by Crippen LogP contribution is 2.25. The molecule has 33 heavy (non-hydrogen) atoms. The topological polar surface area (TPSA) is 126 Å². The van der Waals surface area contributed by atoms with Crippen molar-refractivity contribution in [2.75, 3.05) is 19.0 Å². The monoisotopic (exact) mass is 445 g/mol. The highest BCUT2D eigenvalue weighted by molar-refractivity contribution is 5.97. The Morgan fingerprint density at radius 3 is 2.15 bits per heavy atom. The summed E-state index contributed by atoms with van der Waals surface area (Å²) in [7, 11) is 3.88. The Bertz CT molecular complexity index is 1340. The summed E-state index contributed by atoms with van der Waals surface area (Å²) in [6, 6.07) is 13.0. The zero-order chi connectivity index (χ0) is 24.3. The molecule has 0 radical (unpaired) electrons. The summed E-state index contributed by atoms with van der Waals surface area (Å²) in [5, 5.41) is 19.7. The van der Waals surface area contributed by atoms with Crippen molar-refractivity contribution in [1.82, 2.24) is 4.57 Å². The molecule has 8 nitrogen and oxygen atoms in total. The van der Waals surface area contributed by atoms with E-state index < -0.39 is 23.3 Å². The number of aromatic hydroxyl groups is 1. The first-order chi connectivity index (χ1) is 15.6. The molecule has 0 aliphatic heterocycles. The van der Waals surface area contributed by atoms with E-state index in [1.807, 2.05) is 43.3 Å². The van der Waals surface area contributed by atoms with Gasteiger partial charge in [-0.1, -0.05) is 12.1 Å². The van der Waals surface area contributed by atoms with Crippen molar-refractivity contribution < 1.29 is 19.8 Å². The number of carbonyl (C=O) groups is 2. The van der Waals surface area contributed by atoms with E-state index in [2.05, 4.69) is 5.73 Å². The third kappa shape index (κ3) is 4.71. The molecule has 0 spiro atoms. The maximum absolute atomic E-state index is 13.2. The Hall–Kier alpha value is -4.55. The summed E-state index contributed by atoms with van der Waals surface area (Å²) in [6.45, 7) is 1.51. The fourth-order valence-electron chi connectivity index (χ4n) is 3.34. The summed E-state index contributed by atoms with van der Waals surface area (Å²) in [6.07, 6.45) is 3.10. The maximum atomic E-state index is 13.2. The van der Waals surface area contributed by atoms with Gasteiger partial charge in [0.05, 0.1) is 16.8 Å². The number of primary amides is 1. The lowest BCUT2D eigenvalue weighted by molar-refractivity contribution is 0.0696. The second-order valence-electron chi connectivity index (χ2n) is 7.54. The molecule has 1 heterocycles. The van der Waals surface area contributed by atoms with E-state index in [4.69, 9.17) is 10.8 Å². The molecule has 0 bridgehead atoms. The highest BCUT2D eigenvalue weighted by atomic mass is 16.4. The van der Waals surface area contributed by atoms with E-state index in [0.29, 0.717) is 0 Å². The Kier molecular flexibility index (Phi) is 6.51. The molecule has 3 rings (SSSR count). The second kappa shape index (κ2) is 9.30. The van der Waals surface area contributed by atoms with Crippen LogP contribution in [-0.2, 0) is 0 Å². The number of anilines is 1. The van der Waals surface area contributed by atoms with Gasteiger partial charge in [0.15, 0.2) is 0 Å². The van der Waals surface area contributed by atoms with Gasteiger partial charge in [0, 0.05) is 19.8 Å². The minimum absolute atomic E-state index is 0.0110. The van der Waals surface area contributed by atoms with Gasteiger partial charge in [-0.05, 0) is 66.6 Å². The Morgan fingerprint density at radius 1 is 1.03 bits per heavy atom. The number of carboxylic acid groups (broad SMARTS) is 1. The van der Waals surface area contributed by atoms with Crippen LogP contribution in [0.4, 0.5) is 5.69 Å². The van der Waals surface area contributed by atoms with Crippen LogP contribution in [0, 0.1) is 6.92 Å². The molecule has 0 saturated heterocycles. The van der Waals surface area contributed by atoms with Crippen molar-refractivity contribution in [3.8, 4) is 11.6 Å². The number of rotatable bonds is 6. The van der Waals surface area contributed by atoms with Gasteiger partial charge in [-0.15, -0.1) is 5.73 Å². The smallest absolute Gasteiger partial charge is 0.335 e. The quantitative estimate of drug-likeness (QED) is 0.501. The zero-order valence-corrected chi connectivity index (χ0v) is 18.4. The minimum atomic E-state index is -1.13. The third-order valence-corrected chi connectivity index (χ3v) is 5.15. The van der Waals surface area contributed by atoms with Crippen LogP contribution in [0.2, 0.25) is 0 Å². The van der Waals surface area contributed by atoms with Crippen molar-refractivity contribution in [2.45, 2.75) is 6.92 Å². The van der Waals surface area contributed by atoms with E-state index in [-0.39, 0.29) is 27.9 Å². The van der Waals surface area contributed by atoms with Crippen LogP contribution in [0.25, 0.3) is 17.8 Å². The SMILES string of the molecule is Cc1c(C(N)=O)c(O)n(-c2ccc(C(=O)O)cc2)c(=O)c1C=C=Cc1ccc(N(C)C)cc1. The fraction of sp³-hybridized carbons (Fsp3) is 0.120. The van der Waals surface area contributed by atoms with Crippen LogP contribution >= 0.6 is 0 Å². The standard InChI is InChI=1S/C25H23N3O5/c1-15-20(6-4-5-16-7-11-18(12-8-16)27(2)3)23(30)28(24(31)21(15)22(26)29)19-13-9-17(10-14-19)25(32)33/h5-14,31H,1-3H3,(H2,26,29)(H,32,33). The molecule has 3 aromatic rings. The number of hydrogen-bond acceptors (Lipinski definition) is 5. The Balaban J connectivity index is 2.15. The molecule has 0 aliphatic rings. The minimum Gasteiger partial charge on any atom is -0.494 e. The maximum Gasteiger partial charge on any atom is 0.335 e. The first-order valence-electron chi connectivity index (χ1n) is 9.93. The van der Waals surface area contributed by atoms with Gasteiger partial charge in [0.25, 0.3) is 11.5 Å². The second-order valence-corrected chi connectivity index (χ2v) is 7.54. The van der Waals surface area contributed by atoms with Gasteiger partial charge in [-0.3, -0.25) is 9.59 Å². The predicted octanol–water partition coefficient (Wildman–Crippen LogP) is 3.04. The van der Waals surface area contributed by atoms with Crippen LogP contribution in [0.3, 0.4) is 0 Å². The Labute approximate surface area is 190 Å². The normalized spacial score (nSPS) is 10.3. The van der Waals surface area contributed by atoms with Gasteiger partial charge >= 0.3 is 5.97 Å². The first kappa shape index (κ1) is 23.1. The molecule has 8 heteroatoms. The third-order valence-electron chi connectivity index (χ3n) is 5.15. The molecule has 0 saturated carbocycles. The number of amides is 1. The molecule has 1 amide bonds. The van der Waals surface area contributed by atoms with Crippen LogP contribution in [-0.4, -0.2) is 40.8 Å². The van der Waals surface area contributed by atoms with Gasteiger partial charge in [-0.25, -0.2) is 9.36 Å². The Morgan fingerprint density at radius 2 is 1.64 bits per heavy atom. The number of benzene rings is 2. The van der Waals surface area contributed by atoms with E-state index in [0.717, 1.165) is 15.8 Å². The molecule has 0 aliphatic carbocycles. The van der Waals surface area contributed by atoms with E-state index >= 15 is 0 Å². The van der Waals surface area contributed by atoms with Crippen LogP contribution < -0.4 is 16.2 Å². The number of hydrogen-bond donors (Lipinski definition) is 3. The number of carboxylic acids is 1. The summed E-state index contributed by atoms with van der Waals surface area (Å²) in [5.41, 5.74) is 10.0. The number of nitrogens with zero attached hydrogens (tertiary/aromatic N) is 2. The van der Waals surface area contributed by atoms with Crippen molar-refractivity contribution in [3.63, 3.8) is 0 Å². The zero-order valence-electron chi connectivity index (χ0n) is 18.4. The fourth-order valence-corrected chi connectivity index (χ4v) is 3.34. The summed E-state index contributed by atoms with van der Waals surface area (Å²) in [5.74, 6) is -2.65. The van der Waals surface area contributed by atoms with Crippen molar-refractivity contribution >= 4 is 29.7 Å². The number of aromatic carboxylic acids is 1. The van der Waals surface area contributed by atoms with Gasteiger partial charge in [0.1, 0.15) is 5.56 Å². The summed E-state index contributed by atoms with van der Waals surface area (Å²) in [4.78, 5) is 38.3. The van der Waals surface area contributed by atoms with E-state index in [1.165, 1.54) is 37.3 Å².